The van der Waals surface area contributed by atoms with Crippen molar-refractivity contribution in [1.29, 1.82) is 0 Å². The molecule has 0 saturated carbocycles. The van der Waals surface area contributed by atoms with Crippen molar-refractivity contribution >= 4 is 79.0 Å². The number of allylic oxidation sites excluding steroid dienone is 4. The first-order valence-electron chi connectivity index (χ1n) is 16.0. The first-order valence-corrected chi connectivity index (χ1v) is 16.0. The van der Waals surface area contributed by atoms with Crippen molar-refractivity contribution in [2.45, 2.75) is 19.8 Å². The number of fused-ring (bicyclic) bond motifs is 9. The molecule has 6 heteroatoms. The summed E-state index contributed by atoms with van der Waals surface area (Å²) in [6.07, 6.45) is 10.6. The van der Waals surface area contributed by atoms with E-state index < -0.39 is 7.12 Å². The van der Waals surface area contributed by atoms with Crippen molar-refractivity contribution in [2.24, 2.45) is 0 Å². The van der Waals surface area contributed by atoms with Crippen molar-refractivity contribution in [3.63, 3.8) is 0 Å². The van der Waals surface area contributed by atoms with Gasteiger partial charge >= 0.3 is 7.12 Å². The van der Waals surface area contributed by atoms with Gasteiger partial charge < -0.3 is 23.6 Å². The van der Waals surface area contributed by atoms with Crippen LogP contribution in [-0.2, 0) is 6.42 Å². The summed E-state index contributed by atoms with van der Waals surface area (Å²) in [6.45, 7) is 6.08. The molecule has 5 nitrogen and oxygen atoms in total. The van der Waals surface area contributed by atoms with Gasteiger partial charge in [-0.25, -0.2) is 0 Å². The molecule has 0 unspecified atom stereocenters. The highest BCUT2D eigenvalue weighted by Gasteiger charge is 2.23. The SMILES string of the molecule is C=C/C=C(\C)n1c2c(c3cc(-c4ccc5c(c4)c4ccccc4n5-c4cccc5c4oc4c(B(O)O)cccc45)ccc31)C=CCC2. The average molecular weight is 611 g/mol. The summed E-state index contributed by atoms with van der Waals surface area (Å²) in [5, 5.41) is 25.4. The van der Waals surface area contributed by atoms with Gasteiger partial charge in [-0.05, 0) is 73.4 Å². The minimum Gasteiger partial charge on any atom is -0.454 e. The van der Waals surface area contributed by atoms with Crippen LogP contribution in [0.2, 0.25) is 0 Å². The largest absolute Gasteiger partial charge is 0.492 e. The number of furan rings is 1. The van der Waals surface area contributed by atoms with E-state index in [9.17, 15) is 10.0 Å². The van der Waals surface area contributed by atoms with Crippen molar-refractivity contribution in [2.75, 3.05) is 0 Å². The number of para-hydroxylation sites is 3. The van der Waals surface area contributed by atoms with Crippen LogP contribution < -0.4 is 5.46 Å². The van der Waals surface area contributed by atoms with E-state index in [0.29, 0.717) is 16.6 Å². The first-order chi connectivity index (χ1) is 23.0. The van der Waals surface area contributed by atoms with Gasteiger partial charge in [0.1, 0.15) is 5.58 Å². The highest BCUT2D eigenvalue weighted by atomic mass is 16.4. The minimum atomic E-state index is -1.62. The van der Waals surface area contributed by atoms with Crippen LogP contribution in [0.25, 0.3) is 83.2 Å². The Morgan fingerprint density at radius 1 is 0.766 bits per heavy atom. The lowest BCUT2D eigenvalue weighted by Gasteiger charge is -2.13. The Bertz CT molecular complexity index is 2650. The van der Waals surface area contributed by atoms with Gasteiger partial charge in [0.05, 0.1) is 22.2 Å². The standard InChI is InChI=1S/C41H31BN2O3/c1-3-10-25(2)43-35-16-6-4-11-28(35)32-23-26(19-21-37(32)43)27-20-22-38-33(24-27)29-12-5-7-17-36(29)44(38)39-18-9-14-31-30-13-8-15-34(42(45)46)40(30)47-41(31)39/h3-5,7-15,17-24,45-46H,1,6,16H2,2H3/b25-10+. The van der Waals surface area contributed by atoms with E-state index in [1.54, 1.807) is 6.07 Å². The average Bonchev–Trinajstić information content (AvgIpc) is 3.75. The van der Waals surface area contributed by atoms with Crippen LogP contribution in [-0.4, -0.2) is 26.3 Å². The second-order valence-electron chi connectivity index (χ2n) is 12.4. The Morgan fingerprint density at radius 3 is 2.28 bits per heavy atom. The second kappa shape index (κ2) is 10.5. The summed E-state index contributed by atoms with van der Waals surface area (Å²) in [6, 6.07) is 33.6. The Labute approximate surface area is 271 Å². The van der Waals surface area contributed by atoms with Crippen LogP contribution in [0.1, 0.15) is 24.6 Å². The van der Waals surface area contributed by atoms with Crippen LogP contribution in [0.5, 0.6) is 0 Å². The van der Waals surface area contributed by atoms with Gasteiger partial charge in [0.25, 0.3) is 0 Å². The quantitative estimate of drug-likeness (QED) is 0.151. The molecule has 8 aromatic rings. The van der Waals surface area contributed by atoms with Gasteiger partial charge in [0.15, 0.2) is 5.58 Å². The summed E-state index contributed by atoms with van der Waals surface area (Å²) >= 11 is 0. The fourth-order valence-corrected chi connectivity index (χ4v) is 7.67. The molecule has 0 fully saturated rings. The van der Waals surface area contributed by atoms with Crippen LogP contribution in [0.15, 0.2) is 126 Å². The molecule has 0 radical (unpaired) electrons. The molecule has 5 aromatic carbocycles. The molecule has 0 amide bonds. The van der Waals surface area contributed by atoms with Crippen molar-refractivity contribution < 1.29 is 14.5 Å². The Kier molecular flexibility index (Phi) is 6.19. The number of hydrogen-bond acceptors (Lipinski definition) is 3. The summed E-state index contributed by atoms with van der Waals surface area (Å²) in [4.78, 5) is 0. The number of benzene rings is 5. The maximum absolute atomic E-state index is 10.0. The Hall–Kier alpha value is -5.56. The van der Waals surface area contributed by atoms with Gasteiger partial charge in [-0.2, -0.15) is 0 Å². The predicted molar refractivity (Wildman–Crippen MR) is 196 cm³/mol. The monoisotopic (exact) mass is 610 g/mol. The third-order valence-electron chi connectivity index (χ3n) is 9.71. The molecule has 0 aliphatic heterocycles. The zero-order valence-corrected chi connectivity index (χ0v) is 25.9. The van der Waals surface area contributed by atoms with Gasteiger partial charge in [0.2, 0.25) is 0 Å². The number of hydrogen-bond donors (Lipinski definition) is 2. The summed E-state index contributed by atoms with van der Waals surface area (Å²) in [5.74, 6) is 0. The number of rotatable bonds is 5. The number of aromatic nitrogens is 2. The topological polar surface area (TPSA) is 63.5 Å². The van der Waals surface area contributed by atoms with E-state index in [-0.39, 0.29) is 0 Å². The van der Waals surface area contributed by atoms with Gasteiger partial charge in [-0.1, -0.05) is 85.5 Å². The first kappa shape index (κ1) is 27.7. The molecule has 47 heavy (non-hydrogen) atoms. The van der Waals surface area contributed by atoms with E-state index in [1.807, 2.05) is 30.3 Å². The lowest BCUT2D eigenvalue weighted by atomic mass is 9.79. The lowest BCUT2D eigenvalue weighted by Crippen LogP contribution is -2.29. The molecule has 3 aromatic heterocycles. The Balaban J connectivity index is 1.26. The molecule has 1 aliphatic rings. The molecular formula is C41H31BN2O3. The van der Waals surface area contributed by atoms with Gasteiger partial charge in [0, 0.05) is 49.3 Å². The Morgan fingerprint density at radius 2 is 1.47 bits per heavy atom. The normalized spacial score (nSPS) is 13.4. The third kappa shape index (κ3) is 4.05. The summed E-state index contributed by atoms with van der Waals surface area (Å²) in [7, 11) is -1.62. The molecule has 0 saturated heterocycles. The lowest BCUT2D eigenvalue weighted by molar-refractivity contribution is 0.425. The van der Waals surface area contributed by atoms with Crippen LogP contribution >= 0.6 is 0 Å². The molecule has 2 N–H and O–H groups in total. The highest BCUT2D eigenvalue weighted by Crippen LogP contribution is 2.40. The predicted octanol–water partition coefficient (Wildman–Crippen LogP) is 8.99. The molecular weight excluding hydrogens is 579 g/mol. The van der Waals surface area contributed by atoms with Gasteiger partial charge in [-0.15, -0.1) is 0 Å². The zero-order chi connectivity index (χ0) is 31.8. The molecule has 9 rings (SSSR count). The van der Waals surface area contributed by atoms with Gasteiger partial charge in [-0.3, -0.25) is 0 Å². The fourth-order valence-electron chi connectivity index (χ4n) is 7.67. The van der Waals surface area contributed by atoms with E-state index in [4.69, 9.17) is 4.42 Å². The molecule has 0 bridgehead atoms. The van der Waals surface area contributed by atoms with Crippen LogP contribution in [0, 0.1) is 0 Å². The molecule has 3 heterocycles. The highest BCUT2D eigenvalue weighted by molar-refractivity contribution is 6.61. The fraction of sp³-hybridized carbons (Fsp3) is 0.0732. The summed E-state index contributed by atoms with van der Waals surface area (Å²) in [5.41, 5.74) is 12.0. The maximum Gasteiger partial charge on any atom is 0.492 e. The van der Waals surface area contributed by atoms with Crippen molar-refractivity contribution in [1.82, 2.24) is 9.13 Å². The van der Waals surface area contributed by atoms with E-state index in [0.717, 1.165) is 56.7 Å². The van der Waals surface area contributed by atoms with Crippen molar-refractivity contribution in [3.05, 3.63) is 133 Å². The second-order valence-corrected chi connectivity index (χ2v) is 12.4. The smallest absolute Gasteiger partial charge is 0.454 e. The van der Waals surface area contributed by atoms with Crippen molar-refractivity contribution in [3.8, 4) is 16.8 Å². The van der Waals surface area contributed by atoms with Crippen LogP contribution in [0.4, 0.5) is 0 Å². The molecule has 0 spiro atoms. The molecule has 0 atom stereocenters. The van der Waals surface area contributed by atoms with E-state index in [1.165, 1.54) is 33.4 Å². The molecule has 1 aliphatic carbocycles. The van der Waals surface area contributed by atoms with E-state index >= 15 is 0 Å². The maximum atomic E-state index is 10.0. The van der Waals surface area contributed by atoms with Crippen LogP contribution in [0.3, 0.4) is 0 Å². The summed E-state index contributed by atoms with van der Waals surface area (Å²) < 4.78 is 11.1. The minimum absolute atomic E-state index is 0.354. The zero-order valence-electron chi connectivity index (χ0n) is 25.9. The van der Waals surface area contributed by atoms with E-state index in [2.05, 4.69) is 108 Å². The molecule has 226 valence electrons. The number of nitrogens with zero attached hydrogens (tertiary/aromatic N) is 2. The third-order valence-corrected chi connectivity index (χ3v) is 9.71.